The van der Waals surface area contributed by atoms with Crippen molar-refractivity contribution >= 4 is 39.7 Å². The summed E-state index contributed by atoms with van der Waals surface area (Å²) in [6.07, 6.45) is 0. The second kappa shape index (κ2) is 8.73. The number of hydrogen-bond donors (Lipinski definition) is 1. The fourth-order valence-corrected chi connectivity index (χ4v) is 3.47. The summed E-state index contributed by atoms with van der Waals surface area (Å²) in [5.41, 5.74) is 2.82. The van der Waals surface area contributed by atoms with Crippen LogP contribution in [0.2, 0.25) is 10.0 Å². The summed E-state index contributed by atoms with van der Waals surface area (Å²) in [6, 6.07) is 24.0. The molecule has 0 unspecified atom stereocenters. The van der Waals surface area contributed by atoms with Crippen molar-refractivity contribution in [3.8, 4) is 5.75 Å². The Morgan fingerprint density at radius 2 is 1.62 bits per heavy atom. The minimum Gasteiger partial charge on any atom is -0.489 e. The number of rotatable bonds is 6. The molecule has 0 fully saturated rings. The first kappa shape index (κ1) is 19.6. The van der Waals surface area contributed by atoms with Gasteiger partial charge in [-0.15, -0.1) is 0 Å². The second-order valence-corrected chi connectivity index (χ2v) is 7.48. The molecule has 0 atom stereocenters. The molecule has 0 amide bonds. The molecule has 4 rings (SSSR count). The molecule has 1 N–H and O–H groups in total. The van der Waals surface area contributed by atoms with Crippen LogP contribution in [0.15, 0.2) is 78.9 Å². The van der Waals surface area contributed by atoms with E-state index in [1.54, 1.807) is 24.3 Å². The molecule has 146 valence electrons. The van der Waals surface area contributed by atoms with E-state index in [4.69, 9.17) is 27.9 Å². The molecule has 0 heterocycles. The number of halogens is 3. The highest BCUT2D eigenvalue weighted by molar-refractivity contribution is 6.42. The third-order valence-electron chi connectivity index (χ3n) is 4.69. The van der Waals surface area contributed by atoms with Gasteiger partial charge in [0.15, 0.2) is 0 Å². The lowest BCUT2D eigenvalue weighted by molar-refractivity contribution is 0.303. The molecule has 29 heavy (non-hydrogen) atoms. The summed E-state index contributed by atoms with van der Waals surface area (Å²) < 4.78 is 19.2. The van der Waals surface area contributed by atoms with Gasteiger partial charge in [-0.2, -0.15) is 0 Å². The van der Waals surface area contributed by atoms with Crippen LogP contribution in [0.25, 0.3) is 10.8 Å². The Morgan fingerprint density at radius 3 is 2.41 bits per heavy atom. The first-order valence-electron chi connectivity index (χ1n) is 9.17. The molecule has 0 bridgehead atoms. The molecule has 0 spiro atoms. The number of fused-ring (bicyclic) bond motifs is 1. The monoisotopic (exact) mass is 425 g/mol. The van der Waals surface area contributed by atoms with Crippen LogP contribution < -0.4 is 10.1 Å². The molecule has 2 nitrogen and oxygen atoms in total. The van der Waals surface area contributed by atoms with Crippen molar-refractivity contribution in [2.24, 2.45) is 0 Å². The average molecular weight is 426 g/mol. The molecule has 0 aliphatic rings. The SMILES string of the molecule is Fc1ccc(COc2ccc3ccccc3c2CNc2ccc(Cl)c(Cl)c2)cc1. The van der Waals surface area contributed by atoms with Crippen LogP contribution in [0.5, 0.6) is 5.75 Å². The highest BCUT2D eigenvalue weighted by Crippen LogP contribution is 2.31. The van der Waals surface area contributed by atoms with Crippen molar-refractivity contribution in [3.63, 3.8) is 0 Å². The Kier molecular flexibility index (Phi) is 5.89. The van der Waals surface area contributed by atoms with Gasteiger partial charge in [-0.05, 0) is 52.7 Å². The summed E-state index contributed by atoms with van der Waals surface area (Å²) >= 11 is 12.1. The lowest BCUT2D eigenvalue weighted by Crippen LogP contribution is -2.05. The molecule has 0 aliphatic carbocycles. The van der Waals surface area contributed by atoms with E-state index in [1.807, 2.05) is 30.3 Å². The predicted octanol–water partition coefficient (Wildman–Crippen LogP) is 7.48. The lowest BCUT2D eigenvalue weighted by atomic mass is 10.0. The van der Waals surface area contributed by atoms with Gasteiger partial charge >= 0.3 is 0 Å². The van der Waals surface area contributed by atoms with E-state index in [-0.39, 0.29) is 5.82 Å². The van der Waals surface area contributed by atoms with Crippen molar-refractivity contribution in [1.82, 2.24) is 0 Å². The molecule has 5 heteroatoms. The van der Waals surface area contributed by atoms with Crippen LogP contribution in [-0.2, 0) is 13.2 Å². The van der Waals surface area contributed by atoms with Crippen molar-refractivity contribution in [1.29, 1.82) is 0 Å². The molecule has 0 saturated heterocycles. The number of ether oxygens (including phenoxy) is 1. The van der Waals surface area contributed by atoms with E-state index in [2.05, 4.69) is 17.4 Å². The standard InChI is InChI=1S/C24H18Cl2FNO/c25-22-11-10-19(13-23(22)26)28-14-21-20-4-2-1-3-17(20)7-12-24(21)29-15-16-5-8-18(27)9-6-16/h1-13,28H,14-15H2. The highest BCUT2D eigenvalue weighted by atomic mass is 35.5. The lowest BCUT2D eigenvalue weighted by Gasteiger charge is -2.16. The molecule has 4 aromatic rings. The zero-order valence-electron chi connectivity index (χ0n) is 15.5. The van der Waals surface area contributed by atoms with E-state index in [9.17, 15) is 4.39 Å². The molecule has 0 aromatic heterocycles. The van der Waals surface area contributed by atoms with Gasteiger partial charge < -0.3 is 10.1 Å². The number of nitrogens with one attached hydrogen (secondary N) is 1. The van der Waals surface area contributed by atoms with Gasteiger partial charge in [0.1, 0.15) is 18.2 Å². The number of hydrogen-bond acceptors (Lipinski definition) is 2. The summed E-state index contributed by atoms with van der Waals surface area (Å²) in [7, 11) is 0. The smallest absolute Gasteiger partial charge is 0.125 e. The van der Waals surface area contributed by atoms with E-state index in [1.165, 1.54) is 12.1 Å². The summed E-state index contributed by atoms with van der Waals surface area (Å²) in [4.78, 5) is 0. The molecule has 0 saturated carbocycles. The average Bonchev–Trinajstić information content (AvgIpc) is 2.74. The fraction of sp³-hybridized carbons (Fsp3) is 0.0833. The van der Waals surface area contributed by atoms with Crippen LogP contribution >= 0.6 is 23.2 Å². The maximum atomic E-state index is 13.1. The predicted molar refractivity (Wildman–Crippen MR) is 118 cm³/mol. The Labute approximate surface area is 178 Å². The van der Waals surface area contributed by atoms with Crippen LogP contribution in [0.1, 0.15) is 11.1 Å². The van der Waals surface area contributed by atoms with Gasteiger partial charge in [0.05, 0.1) is 10.0 Å². The first-order chi connectivity index (χ1) is 14.1. The molecule has 0 aliphatic heterocycles. The third kappa shape index (κ3) is 4.64. The quantitative estimate of drug-likeness (QED) is 0.345. The van der Waals surface area contributed by atoms with Gasteiger partial charge in [-0.1, -0.05) is 65.7 Å². The number of anilines is 1. The normalized spacial score (nSPS) is 10.9. The first-order valence-corrected chi connectivity index (χ1v) is 9.92. The minimum atomic E-state index is -0.258. The van der Waals surface area contributed by atoms with Crippen LogP contribution in [0, 0.1) is 5.82 Å². The zero-order valence-corrected chi connectivity index (χ0v) is 17.0. The second-order valence-electron chi connectivity index (χ2n) is 6.66. The topological polar surface area (TPSA) is 21.3 Å². The van der Waals surface area contributed by atoms with Crippen molar-refractivity contribution in [3.05, 3.63) is 106 Å². The van der Waals surface area contributed by atoms with Gasteiger partial charge in [0, 0.05) is 17.8 Å². The zero-order chi connectivity index (χ0) is 20.2. The largest absolute Gasteiger partial charge is 0.489 e. The maximum Gasteiger partial charge on any atom is 0.125 e. The van der Waals surface area contributed by atoms with Crippen molar-refractivity contribution in [2.45, 2.75) is 13.2 Å². The van der Waals surface area contributed by atoms with Crippen LogP contribution in [0.4, 0.5) is 10.1 Å². The molecular weight excluding hydrogens is 408 g/mol. The Hall–Kier alpha value is -2.75. The van der Waals surface area contributed by atoms with Crippen molar-refractivity contribution < 1.29 is 9.13 Å². The van der Waals surface area contributed by atoms with Gasteiger partial charge in [-0.25, -0.2) is 4.39 Å². The van der Waals surface area contributed by atoms with E-state index in [0.29, 0.717) is 23.2 Å². The third-order valence-corrected chi connectivity index (χ3v) is 5.43. The number of benzene rings is 4. The summed E-state index contributed by atoms with van der Waals surface area (Å²) in [5.74, 6) is 0.520. The van der Waals surface area contributed by atoms with E-state index < -0.39 is 0 Å². The van der Waals surface area contributed by atoms with Gasteiger partial charge in [0.25, 0.3) is 0 Å². The minimum absolute atomic E-state index is 0.258. The van der Waals surface area contributed by atoms with Gasteiger partial charge in [-0.3, -0.25) is 0 Å². The highest BCUT2D eigenvalue weighted by Gasteiger charge is 2.10. The Balaban J connectivity index is 1.61. The van der Waals surface area contributed by atoms with Crippen LogP contribution in [-0.4, -0.2) is 0 Å². The van der Waals surface area contributed by atoms with E-state index in [0.717, 1.165) is 33.3 Å². The molecule has 0 radical (unpaired) electrons. The summed E-state index contributed by atoms with van der Waals surface area (Å²) in [6.45, 7) is 0.913. The Morgan fingerprint density at radius 1 is 0.828 bits per heavy atom. The fourth-order valence-electron chi connectivity index (χ4n) is 3.17. The molecule has 4 aromatic carbocycles. The molecular formula is C24H18Cl2FNO. The maximum absolute atomic E-state index is 13.1. The van der Waals surface area contributed by atoms with E-state index >= 15 is 0 Å². The van der Waals surface area contributed by atoms with Gasteiger partial charge in [0.2, 0.25) is 0 Å². The Bertz CT molecular complexity index is 1150. The van der Waals surface area contributed by atoms with Crippen molar-refractivity contribution in [2.75, 3.05) is 5.32 Å². The summed E-state index contributed by atoms with van der Waals surface area (Å²) in [5, 5.41) is 6.66. The van der Waals surface area contributed by atoms with Crippen LogP contribution in [0.3, 0.4) is 0 Å².